The number of pyridine rings is 1. The Morgan fingerprint density at radius 1 is 0.893 bits per heavy atom. The van der Waals surface area contributed by atoms with Crippen LogP contribution in [0.1, 0.15) is 26.3 Å². The Kier molecular flexibility index (Phi) is 5.50. The van der Waals surface area contributed by atoms with Gasteiger partial charge in [-0.25, -0.2) is 4.98 Å². The maximum Gasteiger partial charge on any atom is 0.258 e. The van der Waals surface area contributed by atoms with E-state index in [1.807, 2.05) is 13.9 Å². The van der Waals surface area contributed by atoms with Crippen molar-refractivity contribution in [1.82, 2.24) is 4.98 Å². The molecule has 0 radical (unpaired) electrons. The highest BCUT2D eigenvalue weighted by atomic mass is 16.2. The molecule has 3 rings (SSSR count). The molecule has 0 unspecified atom stereocenters. The standard InChI is InChI=1S/C20H18BN5O2/c21-14-9-10-17(24-11-14)26-20(28)15-3-1-2-4-16(15)25-19(27)13-7-5-12(6-8-13)18(22)23/h1-11H,21H2,(H3,22,23)(H,25,27)(H,24,26,28). The molecule has 28 heavy (non-hydrogen) atoms. The van der Waals surface area contributed by atoms with Crippen molar-refractivity contribution in [2.45, 2.75) is 0 Å². The number of rotatable bonds is 5. The van der Waals surface area contributed by atoms with Gasteiger partial charge in [-0.1, -0.05) is 35.8 Å². The second-order valence-electron chi connectivity index (χ2n) is 6.17. The summed E-state index contributed by atoms with van der Waals surface area (Å²) < 4.78 is 0. The van der Waals surface area contributed by atoms with E-state index in [9.17, 15) is 9.59 Å². The third-order valence-corrected chi connectivity index (χ3v) is 4.03. The number of carbonyl (C=O) groups is 2. The van der Waals surface area contributed by atoms with Crippen LogP contribution >= 0.6 is 0 Å². The first kappa shape index (κ1) is 18.8. The number of benzene rings is 2. The molecule has 0 aliphatic rings. The summed E-state index contributed by atoms with van der Waals surface area (Å²) in [5, 5.41) is 12.9. The lowest BCUT2D eigenvalue weighted by molar-refractivity contribution is 0.102. The quantitative estimate of drug-likeness (QED) is 0.305. The zero-order chi connectivity index (χ0) is 20.1. The fourth-order valence-corrected chi connectivity index (χ4v) is 2.51. The van der Waals surface area contributed by atoms with E-state index in [-0.39, 0.29) is 17.6 Å². The molecule has 0 atom stereocenters. The summed E-state index contributed by atoms with van der Waals surface area (Å²) in [5.41, 5.74) is 8.03. The van der Waals surface area contributed by atoms with Crippen LogP contribution in [-0.4, -0.2) is 30.5 Å². The third kappa shape index (κ3) is 4.42. The van der Waals surface area contributed by atoms with E-state index in [0.29, 0.717) is 28.2 Å². The molecule has 0 fully saturated rings. The van der Waals surface area contributed by atoms with Crippen molar-refractivity contribution in [3.05, 3.63) is 83.6 Å². The zero-order valence-electron chi connectivity index (χ0n) is 15.2. The van der Waals surface area contributed by atoms with Crippen LogP contribution in [0, 0.1) is 5.41 Å². The first-order chi connectivity index (χ1) is 13.4. The van der Waals surface area contributed by atoms with Crippen LogP contribution in [-0.2, 0) is 0 Å². The first-order valence-corrected chi connectivity index (χ1v) is 8.53. The third-order valence-electron chi connectivity index (χ3n) is 4.03. The summed E-state index contributed by atoms with van der Waals surface area (Å²) in [5.74, 6) is -0.391. The number of hydrogen-bond donors (Lipinski definition) is 4. The van der Waals surface area contributed by atoms with Crippen molar-refractivity contribution < 1.29 is 9.59 Å². The van der Waals surface area contributed by atoms with Gasteiger partial charge < -0.3 is 16.4 Å². The van der Waals surface area contributed by atoms with Crippen molar-refractivity contribution in [3.8, 4) is 0 Å². The smallest absolute Gasteiger partial charge is 0.258 e. The maximum absolute atomic E-state index is 12.6. The molecule has 0 bridgehead atoms. The number of amidine groups is 1. The Morgan fingerprint density at radius 2 is 1.57 bits per heavy atom. The summed E-state index contributed by atoms with van der Waals surface area (Å²) >= 11 is 0. The Hall–Kier alpha value is -3.94. The Bertz CT molecular complexity index is 1030. The lowest BCUT2D eigenvalue weighted by atomic mass is 9.99. The van der Waals surface area contributed by atoms with Crippen LogP contribution in [0.15, 0.2) is 66.9 Å². The van der Waals surface area contributed by atoms with Crippen molar-refractivity contribution in [2.75, 3.05) is 10.6 Å². The van der Waals surface area contributed by atoms with Crippen molar-refractivity contribution >= 4 is 42.5 Å². The number of nitrogen functional groups attached to an aromatic ring is 1. The van der Waals surface area contributed by atoms with Crippen LogP contribution in [0.2, 0.25) is 0 Å². The monoisotopic (exact) mass is 371 g/mol. The largest absolute Gasteiger partial charge is 0.384 e. The lowest BCUT2D eigenvalue weighted by Crippen LogP contribution is -2.19. The second-order valence-corrected chi connectivity index (χ2v) is 6.17. The highest BCUT2D eigenvalue weighted by Gasteiger charge is 2.15. The average molecular weight is 371 g/mol. The molecule has 2 aromatic carbocycles. The molecule has 0 aliphatic carbocycles. The molecular formula is C20H18BN5O2. The summed E-state index contributed by atoms with van der Waals surface area (Å²) in [6, 6.07) is 16.6. The molecule has 1 heterocycles. The molecule has 3 aromatic rings. The van der Waals surface area contributed by atoms with E-state index in [2.05, 4.69) is 15.6 Å². The minimum Gasteiger partial charge on any atom is -0.384 e. The van der Waals surface area contributed by atoms with Crippen LogP contribution in [0.25, 0.3) is 0 Å². The van der Waals surface area contributed by atoms with Crippen molar-refractivity contribution in [2.24, 2.45) is 5.73 Å². The van der Waals surface area contributed by atoms with E-state index >= 15 is 0 Å². The molecule has 0 saturated heterocycles. The molecule has 7 nitrogen and oxygen atoms in total. The number of aromatic nitrogens is 1. The molecule has 8 heteroatoms. The Balaban J connectivity index is 1.77. The highest BCUT2D eigenvalue weighted by molar-refractivity contribution is 6.32. The first-order valence-electron chi connectivity index (χ1n) is 8.53. The van der Waals surface area contributed by atoms with Gasteiger partial charge in [-0.3, -0.25) is 15.0 Å². The number of amides is 2. The minimum atomic E-state index is -0.376. The van der Waals surface area contributed by atoms with Crippen LogP contribution in [0.3, 0.4) is 0 Å². The van der Waals surface area contributed by atoms with E-state index in [0.717, 1.165) is 5.46 Å². The van der Waals surface area contributed by atoms with Gasteiger partial charge in [-0.05, 0) is 30.3 Å². The predicted octanol–water partition coefficient (Wildman–Crippen LogP) is 1.13. The van der Waals surface area contributed by atoms with Crippen LogP contribution in [0.4, 0.5) is 11.5 Å². The van der Waals surface area contributed by atoms with Gasteiger partial charge in [0.1, 0.15) is 19.5 Å². The minimum absolute atomic E-state index is 0.0707. The fourth-order valence-electron chi connectivity index (χ4n) is 2.51. The summed E-state index contributed by atoms with van der Waals surface area (Å²) in [4.78, 5) is 29.3. The zero-order valence-corrected chi connectivity index (χ0v) is 15.2. The number of carbonyl (C=O) groups excluding carboxylic acids is 2. The van der Waals surface area contributed by atoms with Gasteiger partial charge in [0, 0.05) is 17.3 Å². The molecule has 0 aliphatic heterocycles. The molecule has 138 valence electrons. The number of hydrogen-bond acceptors (Lipinski definition) is 4. The second kappa shape index (κ2) is 8.17. The van der Waals surface area contributed by atoms with Gasteiger partial charge in [0.05, 0.1) is 11.3 Å². The van der Waals surface area contributed by atoms with Gasteiger partial charge in [0.2, 0.25) is 0 Å². The Morgan fingerprint density at radius 3 is 2.21 bits per heavy atom. The van der Waals surface area contributed by atoms with Gasteiger partial charge in [0.25, 0.3) is 11.8 Å². The maximum atomic E-state index is 12.6. The molecule has 0 spiro atoms. The molecular weight excluding hydrogens is 353 g/mol. The van der Waals surface area contributed by atoms with E-state index in [1.165, 1.54) is 0 Å². The van der Waals surface area contributed by atoms with Crippen LogP contribution in [0.5, 0.6) is 0 Å². The number of nitrogens with one attached hydrogen (secondary N) is 3. The number of anilines is 2. The molecule has 0 saturated carbocycles. The van der Waals surface area contributed by atoms with Gasteiger partial charge in [-0.2, -0.15) is 0 Å². The predicted molar refractivity (Wildman–Crippen MR) is 112 cm³/mol. The lowest BCUT2D eigenvalue weighted by Gasteiger charge is -2.11. The van der Waals surface area contributed by atoms with Gasteiger partial charge in [0.15, 0.2) is 0 Å². The number of nitrogens with zero attached hydrogens (tertiary/aromatic N) is 1. The molecule has 5 N–H and O–H groups in total. The van der Waals surface area contributed by atoms with Crippen molar-refractivity contribution in [1.29, 1.82) is 5.41 Å². The Labute approximate surface area is 162 Å². The summed E-state index contributed by atoms with van der Waals surface area (Å²) in [6.45, 7) is 0. The molecule has 1 aromatic heterocycles. The average Bonchev–Trinajstić information content (AvgIpc) is 2.70. The topological polar surface area (TPSA) is 121 Å². The fraction of sp³-hybridized carbons (Fsp3) is 0. The molecule has 2 amide bonds. The SMILES string of the molecule is Bc1ccc(NC(=O)c2ccccc2NC(=O)c2ccc(C(=N)N)cc2)nc1. The van der Waals surface area contributed by atoms with Gasteiger partial charge in [-0.15, -0.1) is 0 Å². The van der Waals surface area contributed by atoms with E-state index in [4.69, 9.17) is 11.1 Å². The normalized spacial score (nSPS) is 10.1. The number of nitrogens with two attached hydrogens (primary N) is 1. The van der Waals surface area contributed by atoms with E-state index in [1.54, 1.807) is 60.8 Å². The van der Waals surface area contributed by atoms with Gasteiger partial charge >= 0.3 is 0 Å². The van der Waals surface area contributed by atoms with E-state index < -0.39 is 0 Å². The highest BCUT2D eigenvalue weighted by Crippen LogP contribution is 2.18. The van der Waals surface area contributed by atoms with Crippen molar-refractivity contribution in [3.63, 3.8) is 0 Å². The summed E-state index contributed by atoms with van der Waals surface area (Å²) in [6.07, 6.45) is 1.66. The van der Waals surface area contributed by atoms with Crippen LogP contribution < -0.4 is 21.8 Å². The summed E-state index contributed by atoms with van der Waals surface area (Å²) in [7, 11) is 1.91. The number of para-hydroxylation sites is 1.